The molecule has 0 aromatic heterocycles. The molecule has 1 saturated heterocycles. The Kier molecular flexibility index (Phi) is 5.31. The Morgan fingerprint density at radius 3 is 3.00 bits per heavy atom. The molecule has 4 heteroatoms. The molecule has 0 aliphatic carbocycles. The third-order valence-corrected chi connectivity index (χ3v) is 2.46. The van der Waals surface area contributed by atoms with Crippen LogP contribution in [0.1, 0.15) is 0 Å². The standard InChI is InChI=1S/C9H20N2O2/c1-10-9-7-13-6-8(9)5-11-3-4-12-2/h8-11H,3-7H2,1-2H3. The molecule has 0 amide bonds. The predicted molar refractivity (Wildman–Crippen MR) is 51.9 cm³/mol. The fourth-order valence-electron chi connectivity index (χ4n) is 1.58. The van der Waals surface area contributed by atoms with Crippen molar-refractivity contribution in [3.8, 4) is 0 Å². The summed E-state index contributed by atoms with van der Waals surface area (Å²) in [7, 11) is 3.71. The molecular weight excluding hydrogens is 168 g/mol. The minimum absolute atomic E-state index is 0.509. The zero-order valence-electron chi connectivity index (χ0n) is 8.51. The maximum Gasteiger partial charge on any atom is 0.0623 e. The van der Waals surface area contributed by atoms with E-state index in [1.54, 1.807) is 7.11 Å². The normalized spacial score (nSPS) is 28.2. The smallest absolute Gasteiger partial charge is 0.0623 e. The number of hydrogen-bond acceptors (Lipinski definition) is 4. The van der Waals surface area contributed by atoms with Gasteiger partial charge in [0.2, 0.25) is 0 Å². The van der Waals surface area contributed by atoms with Crippen LogP contribution in [0.4, 0.5) is 0 Å². The van der Waals surface area contributed by atoms with Gasteiger partial charge in [0.1, 0.15) is 0 Å². The van der Waals surface area contributed by atoms with Gasteiger partial charge in [-0.2, -0.15) is 0 Å². The summed E-state index contributed by atoms with van der Waals surface area (Å²) in [6.07, 6.45) is 0. The van der Waals surface area contributed by atoms with Gasteiger partial charge in [0.15, 0.2) is 0 Å². The first kappa shape index (κ1) is 10.9. The molecule has 1 aliphatic heterocycles. The molecule has 0 aromatic carbocycles. The van der Waals surface area contributed by atoms with Gasteiger partial charge in [-0.3, -0.25) is 0 Å². The summed E-state index contributed by atoms with van der Waals surface area (Å²) < 4.78 is 10.3. The lowest BCUT2D eigenvalue weighted by Gasteiger charge is -2.16. The molecule has 13 heavy (non-hydrogen) atoms. The lowest BCUT2D eigenvalue weighted by Crippen LogP contribution is -2.39. The summed E-state index contributed by atoms with van der Waals surface area (Å²) in [5, 5.41) is 6.61. The summed E-state index contributed by atoms with van der Waals surface area (Å²) in [4.78, 5) is 0. The molecule has 2 unspecified atom stereocenters. The van der Waals surface area contributed by atoms with E-state index in [1.807, 2.05) is 7.05 Å². The van der Waals surface area contributed by atoms with Gasteiger partial charge in [0.05, 0.1) is 19.8 Å². The van der Waals surface area contributed by atoms with Crippen molar-refractivity contribution in [3.63, 3.8) is 0 Å². The predicted octanol–water partition coefficient (Wildman–Crippen LogP) is -0.543. The molecule has 1 rings (SSSR count). The van der Waals surface area contributed by atoms with Gasteiger partial charge in [0, 0.05) is 32.2 Å². The zero-order chi connectivity index (χ0) is 9.52. The summed E-state index contributed by atoms with van der Waals surface area (Å²) >= 11 is 0. The van der Waals surface area contributed by atoms with Crippen LogP contribution in [0.5, 0.6) is 0 Å². The first-order valence-electron chi connectivity index (χ1n) is 4.83. The Balaban J connectivity index is 2.06. The second-order valence-electron chi connectivity index (χ2n) is 3.39. The molecule has 2 atom stereocenters. The van der Waals surface area contributed by atoms with Gasteiger partial charge in [-0.05, 0) is 7.05 Å². The van der Waals surface area contributed by atoms with Crippen LogP contribution in [-0.4, -0.2) is 53.1 Å². The van der Waals surface area contributed by atoms with Crippen LogP contribution in [-0.2, 0) is 9.47 Å². The van der Waals surface area contributed by atoms with Crippen molar-refractivity contribution >= 4 is 0 Å². The number of hydrogen-bond donors (Lipinski definition) is 2. The van der Waals surface area contributed by atoms with E-state index in [0.717, 1.165) is 32.9 Å². The molecule has 0 bridgehead atoms. The number of rotatable bonds is 6. The Hall–Kier alpha value is -0.160. The van der Waals surface area contributed by atoms with Gasteiger partial charge < -0.3 is 20.1 Å². The van der Waals surface area contributed by atoms with Crippen molar-refractivity contribution in [2.75, 3.05) is 47.1 Å². The molecule has 1 fully saturated rings. The van der Waals surface area contributed by atoms with E-state index in [2.05, 4.69) is 10.6 Å². The van der Waals surface area contributed by atoms with Crippen LogP contribution in [0.3, 0.4) is 0 Å². The molecule has 2 N–H and O–H groups in total. The largest absolute Gasteiger partial charge is 0.383 e. The molecule has 1 heterocycles. The minimum Gasteiger partial charge on any atom is -0.383 e. The van der Waals surface area contributed by atoms with Crippen molar-refractivity contribution in [1.29, 1.82) is 0 Å². The van der Waals surface area contributed by atoms with E-state index < -0.39 is 0 Å². The van der Waals surface area contributed by atoms with Crippen molar-refractivity contribution in [2.45, 2.75) is 6.04 Å². The summed E-state index contributed by atoms with van der Waals surface area (Å²) in [5.74, 6) is 0.599. The molecule has 78 valence electrons. The first-order chi connectivity index (χ1) is 6.38. The molecular formula is C9H20N2O2. The van der Waals surface area contributed by atoms with E-state index in [1.165, 1.54) is 0 Å². The Bertz CT molecular complexity index is 133. The number of likely N-dealkylation sites (N-methyl/N-ethyl adjacent to an activating group) is 1. The Labute approximate surface area is 80.0 Å². The maximum atomic E-state index is 5.38. The van der Waals surface area contributed by atoms with Crippen molar-refractivity contribution < 1.29 is 9.47 Å². The average Bonchev–Trinajstić information content (AvgIpc) is 2.60. The quantitative estimate of drug-likeness (QED) is 0.549. The molecule has 0 radical (unpaired) electrons. The van der Waals surface area contributed by atoms with Gasteiger partial charge in [-0.1, -0.05) is 0 Å². The fraction of sp³-hybridized carbons (Fsp3) is 1.00. The summed E-state index contributed by atoms with van der Waals surface area (Å²) in [6.45, 7) is 4.41. The lowest BCUT2D eigenvalue weighted by molar-refractivity contribution is 0.179. The number of ether oxygens (including phenoxy) is 2. The van der Waals surface area contributed by atoms with E-state index in [-0.39, 0.29) is 0 Å². The highest BCUT2D eigenvalue weighted by Crippen LogP contribution is 2.11. The van der Waals surface area contributed by atoms with E-state index in [0.29, 0.717) is 12.0 Å². The zero-order valence-corrected chi connectivity index (χ0v) is 8.51. The first-order valence-corrected chi connectivity index (χ1v) is 4.83. The van der Waals surface area contributed by atoms with Crippen LogP contribution < -0.4 is 10.6 Å². The van der Waals surface area contributed by atoms with Crippen LogP contribution >= 0.6 is 0 Å². The minimum atomic E-state index is 0.509. The summed E-state index contributed by atoms with van der Waals surface area (Å²) in [6, 6.07) is 0.509. The van der Waals surface area contributed by atoms with Gasteiger partial charge in [-0.15, -0.1) is 0 Å². The molecule has 0 spiro atoms. The lowest BCUT2D eigenvalue weighted by atomic mass is 10.0. The topological polar surface area (TPSA) is 42.5 Å². The van der Waals surface area contributed by atoms with Crippen molar-refractivity contribution in [3.05, 3.63) is 0 Å². The second-order valence-corrected chi connectivity index (χ2v) is 3.39. The third-order valence-electron chi connectivity index (χ3n) is 2.46. The monoisotopic (exact) mass is 188 g/mol. The molecule has 0 saturated carbocycles. The molecule has 4 nitrogen and oxygen atoms in total. The number of nitrogens with one attached hydrogen (secondary N) is 2. The second kappa shape index (κ2) is 6.32. The highest BCUT2D eigenvalue weighted by molar-refractivity contribution is 4.81. The van der Waals surface area contributed by atoms with E-state index in [4.69, 9.17) is 9.47 Å². The highest BCUT2D eigenvalue weighted by atomic mass is 16.5. The fourth-order valence-corrected chi connectivity index (χ4v) is 1.58. The van der Waals surface area contributed by atoms with E-state index in [9.17, 15) is 0 Å². The maximum absolute atomic E-state index is 5.38. The Morgan fingerprint density at radius 2 is 2.31 bits per heavy atom. The van der Waals surface area contributed by atoms with Crippen molar-refractivity contribution in [2.24, 2.45) is 5.92 Å². The van der Waals surface area contributed by atoms with Crippen LogP contribution in [0, 0.1) is 5.92 Å². The Morgan fingerprint density at radius 1 is 1.46 bits per heavy atom. The van der Waals surface area contributed by atoms with Crippen molar-refractivity contribution in [1.82, 2.24) is 10.6 Å². The van der Waals surface area contributed by atoms with Gasteiger partial charge in [0.25, 0.3) is 0 Å². The van der Waals surface area contributed by atoms with Gasteiger partial charge >= 0.3 is 0 Å². The van der Waals surface area contributed by atoms with Crippen LogP contribution in [0.15, 0.2) is 0 Å². The average molecular weight is 188 g/mol. The van der Waals surface area contributed by atoms with Crippen LogP contribution in [0.2, 0.25) is 0 Å². The highest BCUT2D eigenvalue weighted by Gasteiger charge is 2.25. The van der Waals surface area contributed by atoms with Crippen LogP contribution in [0.25, 0.3) is 0 Å². The SMILES string of the molecule is CNC1COCC1CNCCOC. The molecule has 0 aromatic rings. The van der Waals surface area contributed by atoms with E-state index >= 15 is 0 Å². The summed E-state index contributed by atoms with van der Waals surface area (Å²) in [5.41, 5.74) is 0. The third kappa shape index (κ3) is 3.60. The molecule has 1 aliphatic rings. The van der Waals surface area contributed by atoms with Gasteiger partial charge in [-0.25, -0.2) is 0 Å². The number of methoxy groups -OCH3 is 1.